The van der Waals surface area contributed by atoms with Gasteiger partial charge in [-0.2, -0.15) is 0 Å². The van der Waals surface area contributed by atoms with E-state index in [0.717, 1.165) is 6.42 Å². The molecule has 21 heavy (non-hydrogen) atoms. The highest BCUT2D eigenvalue weighted by atomic mass is 16.3. The molecule has 0 heterocycles. The number of unbranched alkanes of at least 4 members (excludes halogenated alkanes) is 2. The highest BCUT2D eigenvalue weighted by Gasteiger charge is 2.08. The summed E-state index contributed by atoms with van der Waals surface area (Å²) in [7, 11) is 0. The van der Waals surface area contributed by atoms with Gasteiger partial charge in [-0.1, -0.05) is 44.0 Å². The number of phenolic OH excluding ortho intramolecular Hbond substituents is 1. The zero-order chi connectivity index (χ0) is 15.1. The summed E-state index contributed by atoms with van der Waals surface area (Å²) in [5, 5.41) is 12.4. The number of phenols is 1. The molecule has 2 aromatic carbocycles. The number of aromatic hydroxyl groups is 1. The van der Waals surface area contributed by atoms with Gasteiger partial charge in [-0.3, -0.25) is 4.79 Å². The van der Waals surface area contributed by atoms with Crippen molar-refractivity contribution < 1.29 is 9.90 Å². The molecule has 110 valence electrons. The van der Waals surface area contributed by atoms with E-state index in [9.17, 15) is 9.90 Å². The third-order valence-corrected chi connectivity index (χ3v) is 3.44. The van der Waals surface area contributed by atoms with Gasteiger partial charge in [0.25, 0.3) is 5.91 Å². The van der Waals surface area contributed by atoms with Crippen LogP contribution in [0.15, 0.2) is 48.5 Å². The van der Waals surface area contributed by atoms with Crippen LogP contribution in [-0.2, 0) is 6.42 Å². The normalized spacial score (nSPS) is 10.3. The maximum absolute atomic E-state index is 12.1. The second kappa shape index (κ2) is 7.48. The lowest BCUT2D eigenvalue weighted by Gasteiger charge is -2.07. The number of carbonyl (C=O) groups is 1. The Hall–Kier alpha value is -2.29. The molecule has 0 atom stereocenters. The van der Waals surface area contributed by atoms with Crippen molar-refractivity contribution in [3.8, 4) is 5.75 Å². The molecule has 0 spiro atoms. The van der Waals surface area contributed by atoms with Crippen molar-refractivity contribution in [1.82, 2.24) is 0 Å². The fourth-order valence-corrected chi connectivity index (χ4v) is 2.18. The first-order valence-corrected chi connectivity index (χ1v) is 7.39. The number of anilines is 1. The molecule has 2 aromatic rings. The highest BCUT2D eigenvalue weighted by molar-refractivity contribution is 6.04. The lowest BCUT2D eigenvalue weighted by atomic mass is 10.1. The molecular weight excluding hydrogens is 262 g/mol. The molecule has 0 aliphatic carbocycles. The van der Waals surface area contributed by atoms with Crippen molar-refractivity contribution in [2.24, 2.45) is 0 Å². The van der Waals surface area contributed by atoms with E-state index in [1.54, 1.807) is 24.3 Å². The minimum absolute atomic E-state index is 0.0713. The summed E-state index contributed by atoms with van der Waals surface area (Å²) in [4.78, 5) is 12.1. The summed E-state index contributed by atoms with van der Waals surface area (Å²) in [6, 6.07) is 14.4. The van der Waals surface area contributed by atoms with Crippen LogP contribution in [0.5, 0.6) is 5.75 Å². The van der Waals surface area contributed by atoms with Gasteiger partial charge >= 0.3 is 0 Å². The second-order valence-electron chi connectivity index (χ2n) is 5.13. The Morgan fingerprint density at radius 2 is 1.76 bits per heavy atom. The topological polar surface area (TPSA) is 49.3 Å². The van der Waals surface area contributed by atoms with Crippen molar-refractivity contribution in [2.45, 2.75) is 32.6 Å². The Kier molecular flexibility index (Phi) is 5.38. The van der Waals surface area contributed by atoms with E-state index in [-0.39, 0.29) is 11.7 Å². The minimum atomic E-state index is -0.211. The van der Waals surface area contributed by atoms with Crippen LogP contribution < -0.4 is 5.32 Å². The van der Waals surface area contributed by atoms with Crippen LogP contribution in [0.3, 0.4) is 0 Å². The molecule has 0 aliphatic heterocycles. The van der Waals surface area contributed by atoms with E-state index in [1.165, 1.54) is 24.8 Å². The fourth-order valence-electron chi connectivity index (χ4n) is 2.18. The third-order valence-electron chi connectivity index (χ3n) is 3.44. The molecule has 3 nitrogen and oxygen atoms in total. The maximum Gasteiger partial charge on any atom is 0.255 e. The van der Waals surface area contributed by atoms with Crippen LogP contribution in [-0.4, -0.2) is 11.0 Å². The molecule has 0 unspecified atom stereocenters. The average molecular weight is 283 g/mol. The molecule has 0 aliphatic rings. The van der Waals surface area contributed by atoms with E-state index in [4.69, 9.17) is 0 Å². The van der Waals surface area contributed by atoms with E-state index < -0.39 is 0 Å². The van der Waals surface area contributed by atoms with Gasteiger partial charge in [0.15, 0.2) is 0 Å². The van der Waals surface area contributed by atoms with E-state index >= 15 is 0 Å². The van der Waals surface area contributed by atoms with Crippen molar-refractivity contribution in [1.29, 1.82) is 0 Å². The van der Waals surface area contributed by atoms with Gasteiger partial charge < -0.3 is 10.4 Å². The standard InChI is InChI=1S/C18H21NO2/c1-2-3-4-7-14-10-12-15(13-11-14)18(21)19-16-8-5-6-9-17(16)20/h5-6,8-13,20H,2-4,7H2,1H3,(H,19,21). The van der Waals surface area contributed by atoms with Crippen molar-refractivity contribution in [3.05, 3.63) is 59.7 Å². The van der Waals surface area contributed by atoms with Crippen LogP contribution in [0.1, 0.15) is 42.1 Å². The number of para-hydroxylation sites is 2. The number of rotatable bonds is 6. The molecule has 2 rings (SSSR count). The molecule has 0 saturated heterocycles. The Morgan fingerprint density at radius 1 is 1.05 bits per heavy atom. The lowest BCUT2D eigenvalue weighted by Crippen LogP contribution is -2.11. The first-order valence-electron chi connectivity index (χ1n) is 7.39. The maximum atomic E-state index is 12.1. The second-order valence-corrected chi connectivity index (χ2v) is 5.13. The Balaban J connectivity index is 1.98. The van der Waals surface area contributed by atoms with Crippen LogP contribution in [0.4, 0.5) is 5.69 Å². The summed E-state index contributed by atoms with van der Waals surface area (Å²) >= 11 is 0. The van der Waals surface area contributed by atoms with Gasteiger partial charge in [-0.25, -0.2) is 0 Å². The first kappa shape index (κ1) is 15.1. The molecule has 0 bridgehead atoms. The molecule has 0 fully saturated rings. The monoisotopic (exact) mass is 283 g/mol. The lowest BCUT2D eigenvalue weighted by molar-refractivity contribution is 0.102. The Labute approximate surface area is 125 Å². The quantitative estimate of drug-likeness (QED) is 0.610. The fraction of sp³-hybridized carbons (Fsp3) is 0.278. The Bertz CT molecular complexity index is 590. The number of hydrogen-bond acceptors (Lipinski definition) is 2. The number of amides is 1. The van der Waals surface area contributed by atoms with E-state index in [0.29, 0.717) is 11.3 Å². The zero-order valence-electron chi connectivity index (χ0n) is 12.3. The molecule has 2 N–H and O–H groups in total. The first-order chi connectivity index (χ1) is 10.2. The molecule has 1 amide bonds. The van der Waals surface area contributed by atoms with Gasteiger partial charge in [-0.05, 0) is 42.7 Å². The van der Waals surface area contributed by atoms with Gasteiger partial charge in [0, 0.05) is 5.56 Å². The number of benzene rings is 2. The third kappa shape index (κ3) is 4.35. The van der Waals surface area contributed by atoms with Crippen LogP contribution in [0.25, 0.3) is 0 Å². The molecule has 0 aromatic heterocycles. The summed E-state index contributed by atoms with van der Waals surface area (Å²) in [6.45, 7) is 2.19. The Morgan fingerprint density at radius 3 is 2.43 bits per heavy atom. The number of carbonyl (C=O) groups excluding carboxylic acids is 1. The van der Waals surface area contributed by atoms with Crippen molar-refractivity contribution in [3.63, 3.8) is 0 Å². The van der Waals surface area contributed by atoms with Crippen LogP contribution in [0.2, 0.25) is 0 Å². The zero-order valence-corrected chi connectivity index (χ0v) is 12.3. The van der Waals surface area contributed by atoms with Gasteiger partial charge in [0.2, 0.25) is 0 Å². The van der Waals surface area contributed by atoms with Gasteiger partial charge in [-0.15, -0.1) is 0 Å². The molecule has 0 radical (unpaired) electrons. The van der Waals surface area contributed by atoms with Gasteiger partial charge in [0.1, 0.15) is 5.75 Å². The summed E-state index contributed by atoms with van der Waals surface area (Å²) in [5.74, 6) is -0.140. The number of hydrogen-bond donors (Lipinski definition) is 2. The van der Waals surface area contributed by atoms with Gasteiger partial charge in [0.05, 0.1) is 5.69 Å². The van der Waals surface area contributed by atoms with Crippen molar-refractivity contribution in [2.75, 3.05) is 5.32 Å². The molecule has 3 heteroatoms. The van der Waals surface area contributed by atoms with Crippen LogP contribution in [0, 0.1) is 0 Å². The van der Waals surface area contributed by atoms with Crippen LogP contribution >= 0.6 is 0 Å². The predicted octanol–water partition coefficient (Wildman–Crippen LogP) is 4.38. The predicted molar refractivity (Wildman–Crippen MR) is 85.7 cm³/mol. The average Bonchev–Trinajstić information content (AvgIpc) is 2.50. The largest absolute Gasteiger partial charge is 0.506 e. The summed E-state index contributed by atoms with van der Waals surface area (Å²) < 4.78 is 0. The number of nitrogens with one attached hydrogen (secondary N) is 1. The van der Waals surface area contributed by atoms with Crippen molar-refractivity contribution >= 4 is 11.6 Å². The SMILES string of the molecule is CCCCCc1ccc(C(=O)Nc2ccccc2O)cc1. The minimum Gasteiger partial charge on any atom is -0.506 e. The molecule has 0 saturated carbocycles. The van der Waals surface area contributed by atoms with E-state index in [1.807, 2.05) is 24.3 Å². The highest BCUT2D eigenvalue weighted by Crippen LogP contribution is 2.22. The summed E-state index contributed by atoms with van der Waals surface area (Å²) in [5.41, 5.74) is 2.27. The smallest absolute Gasteiger partial charge is 0.255 e. The number of aryl methyl sites for hydroxylation is 1. The van der Waals surface area contributed by atoms with E-state index in [2.05, 4.69) is 12.2 Å². The summed E-state index contributed by atoms with van der Waals surface area (Å²) in [6.07, 6.45) is 4.67. The molecular formula is C18H21NO2.